The number of nitrogens with zero attached hydrogens (tertiary/aromatic N) is 4. The Morgan fingerprint density at radius 3 is 2.70 bits per heavy atom. The Kier molecular flexibility index (Phi) is 5.20. The van der Waals surface area contributed by atoms with Gasteiger partial charge in [-0.15, -0.1) is 5.10 Å². The van der Waals surface area contributed by atoms with Gasteiger partial charge in [-0.05, 0) is 41.5 Å². The average molecular weight is 275 g/mol. The molecule has 0 radical (unpaired) electrons. The smallest absolute Gasteiger partial charge is 0.173 e. The molecule has 1 heterocycles. The summed E-state index contributed by atoms with van der Waals surface area (Å²) >= 11 is 0. The maximum atomic E-state index is 5.03. The van der Waals surface area contributed by atoms with Crippen LogP contribution in [-0.4, -0.2) is 40.5 Å². The van der Waals surface area contributed by atoms with Gasteiger partial charge in [0.05, 0.1) is 18.3 Å². The Bertz CT molecular complexity index is 523. The SMILES string of the molecule is CCc1ccc(-n2nnnc2C(C)NCCOC)cc1. The number of ether oxygens (including phenoxy) is 1. The summed E-state index contributed by atoms with van der Waals surface area (Å²) in [5.41, 5.74) is 2.28. The van der Waals surface area contributed by atoms with Crippen LogP contribution in [0.5, 0.6) is 0 Å². The van der Waals surface area contributed by atoms with Crippen molar-refractivity contribution in [3.05, 3.63) is 35.7 Å². The molecular formula is C14H21N5O. The normalized spacial score (nSPS) is 12.6. The molecule has 0 aliphatic carbocycles. The van der Waals surface area contributed by atoms with Crippen LogP contribution < -0.4 is 5.32 Å². The van der Waals surface area contributed by atoms with Gasteiger partial charge in [-0.1, -0.05) is 19.1 Å². The minimum absolute atomic E-state index is 0.0611. The number of methoxy groups -OCH3 is 1. The summed E-state index contributed by atoms with van der Waals surface area (Å²) in [6, 6.07) is 8.35. The lowest BCUT2D eigenvalue weighted by atomic mass is 10.1. The lowest BCUT2D eigenvalue weighted by Gasteiger charge is -2.13. The van der Waals surface area contributed by atoms with E-state index in [1.54, 1.807) is 11.8 Å². The predicted molar refractivity (Wildman–Crippen MR) is 76.8 cm³/mol. The van der Waals surface area contributed by atoms with E-state index in [1.165, 1.54) is 5.56 Å². The second kappa shape index (κ2) is 7.12. The number of hydrogen-bond donors (Lipinski definition) is 1. The summed E-state index contributed by atoms with van der Waals surface area (Å²) in [7, 11) is 1.69. The van der Waals surface area contributed by atoms with Crippen LogP contribution in [0.3, 0.4) is 0 Å². The van der Waals surface area contributed by atoms with Crippen molar-refractivity contribution in [2.45, 2.75) is 26.3 Å². The quantitative estimate of drug-likeness (QED) is 0.776. The van der Waals surface area contributed by atoms with Crippen LogP contribution in [-0.2, 0) is 11.2 Å². The van der Waals surface area contributed by atoms with Gasteiger partial charge >= 0.3 is 0 Å². The Balaban J connectivity index is 2.14. The highest BCUT2D eigenvalue weighted by molar-refractivity contribution is 5.34. The van der Waals surface area contributed by atoms with Crippen molar-refractivity contribution in [3.8, 4) is 5.69 Å². The van der Waals surface area contributed by atoms with Crippen LogP contribution in [0.2, 0.25) is 0 Å². The van der Waals surface area contributed by atoms with Crippen molar-refractivity contribution >= 4 is 0 Å². The third kappa shape index (κ3) is 3.40. The monoisotopic (exact) mass is 275 g/mol. The van der Waals surface area contributed by atoms with E-state index in [1.807, 2.05) is 19.1 Å². The fraction of sp³-hybridized carbons (Fsp3) is 0.500. The first-order valence-electron chi connectivity index (χ1n) is 6.86. The van der Waals surface area contributed by atoms with Gasteiger partial charge in [-0.3, -0.25) is 0 Å². The molecule has 2 rings (SSSR count). The molecule has 1 aromatic carbocycles. The van der Waals surface area contributed by atoms with E-state index in [0.29, 0.717) is 6.61 Å². The minimum atomic E-state index is 0.0611. The molecule has 0 amide bonds. The Morgan fingerprint density at radius 1 is 1.30 bits per heavy atom. The minimum Gasteiger partial charge on any atom is -0.383 e. The van der Waals surface area contributed by atoms with E-state index >= 15 is 0 Å². The highest BCUT2D eigenvalue weighted by Crippen LogP contribution is 2.14. The van der Waals surface area contributed by atoms with Gasteiger partial charge in [0.2, 0.25) is 0 Å². The first-order valence-corrected chi connectivity index (χ1v) is 6.86. The third-order valence-corrected chi connectivity index (χ3v) is 3.23. The number of hydrogen-bond acceptors (Lipinski definition) is 5. The third-order valence-electron chi connectivity index (χ3n) is 3.23. The standard InChI is InChI=1S/C14H21N5O/c1-4-12-5-7-13(8-6-12)19-14(16-17-18-19)11(2)15-9-10-20-3/h5-8,11,15H,4,9-10H2,1-3H3. The fourth-order valence-electron chi connectivity index (χ4n) is 1.99. The molecular weight excluding hydrogens is 254 g/mol. The van der Waals surface area contributed by atoms with Crippen LogP contribution in [0.1, 0.15) is 31.3 Å². The van der Waals surface area contributed by atoms with E-state index in [-0.39, 0.29) is 6.04 Å². The molecule has 0 spiro atoms. The van der Waals surface area contributed by atoms with Crippen molar-refractivity contribution in [2.75, 3.05) is 20.3 Å². The first kappa shape index (κ1) is 14.6. The largest absolute Gasteiger partial charge is 0.383 e. The van der Waals surface area contributed by atoms with E-state index in [2.05, 4.69) is 39.9 Å². The zero-order valence-electron chi connectivity index (χ0n) is 12.2. The van der Waals surface area contributed by atoms with Gasteiger partial charge in [0.25, 0.3) is 0 Å². The van der Waals surface area contributed by atoms with Crippen LogP contribution in [0.25, 0.3) is 5.69 Å². The number of benzene rings is 1. The average Bonchev–Trinajstić information content (AvgIpc) is 2.97. The topological polar surface area (TPSA) is 64.9 Å². The molecule has 0 fully saturated rings. The highest BCUT2D eigenvalue weighted by atomic mass is 16.5. The zero-order valence-corrected chi connectivity index (χ0v) is 12.2. The van der Waals surface area contributed by atoms with Gasteiger partial charge in [0, 0.05) is 13.7 Å². The Labute approximate surface area is 119 Å². The van der Waals surface area contributed by atoms with Gasteiger partial charge < -0.3 is 10.1 Å². The number of nitrogens with one attached hydrogen (secondary N) is 1. The maximum Gasteiger partial charge on any atom is 0.173 e. The molecule has 0 bridgehead atoms. The Morgan fingerprint density at radius 2 is 2.05 bits per heavy atom. The molecule has 2 aromatic rings. The van der Waals surface area contributed by atoms with E-state index in [4.69, 9.17) is 4.74 Å². The van der Waals surface area contributed by atoms with E-state index in [0.717, 1.165) is 24.5 Å². The summed E-state index contributed by atoms with van der Waals surface area (Å²) < 4.78 is 6.80. The van der Waals surface area contributed by atoms with Crippen molar-refractivity contribution < 1.29 is 4.74 Å². The van der Waals surface area contributed by atoms with Gasteiger partial charge in [0.1, 0.15) is 0 Å². The molecule has 0 saturated heterocycles. The summed E-state index contributed by atoms with van der Waals surface area (Å²) in [4.78, 5) is 0. The molecule has 0 saturated carbocycles. The lowest BCUT2D eigenvalue weighted by molar-refractivity contribution is 0.196. The summed E-state index contributed by atoms with van der Waals surface area (Å²) in [5.74, 6) is 0.797. The molecule has 0 aliphatic heterocycles. The molecule has 1 N–H and O–H groups in total. The number of aryl methyl sites for hydroxylation is 1. The van der Waals surface area contributed by atoms with Gasteiger partial charge in [-0.2, -0.15) is 4.68 Å². The molecule has 108 valence electrons. The molecule has 1 aromatic heterocycles. The zero-order chi connectivity index (χ0) is 14.4. The first-order chi connectivity index (χ1) is 9.76. The molecule has 6 nitrogen and oxygen atoms in total. The molecule has 1 atom stereocenters. The van der Waals surface area contributed by atoms with Crippen molar-refractivity contribution in [3.63, 3.8) is 0 Å². The van der Waals surface area contributed by atoms with Gasteiger partial charge in [0.15, 0.2) is 5.82 Å². The summed E-state index contributed by atoms with van der Waals surface area (Å²) in [6.07, 6.45) is 1.03. The van der Waals surface area contributed by atoms with Crippen LogP contribution in [0, 0.1) is 0 Å². The maximum absolute atomic E-state index is 5.03. The number of aromatic nitrogens is 4. The molecule has 6 heteroatoms. The Hall–Kier alpha value is -1.79. The fourth-order valence-corrected chi connectivity index (χ4v) is 1.99. The molecule has 20 heavy (non-hydrogen) atoms. The summed E-state index contributed by atoms with van der Waals surface area (Å²) in [5, 5.41) is 15.3. The second-order valence-electron chi connectivity index (χ2n) is 4.64. The number of tetrazole rings is 1. The molecule has 0 aliphatic rings. The van der Waals surface area contributed by atoms with Gasteiger partial charge in [-0.25, -0.2) is 0 Å². The van der Waals surface area contributed by atoms with Crippen molar-refractivity contribution in [1.29, 1.82) is 0 Å². The summed E-state index contributed by atoms with van der Waals surface area (Å²) in [6.45, 7) is 5.61. The molecule has 1 unspecified atom stereocenters. The van der Waals surface area contributed by atoms with Crippen molar-refractivity contribution in [1.82, 2.24) is 25.5 Å². The van der Waals surface area contributed by atoms with E-state index in [9.17, 15) is 0 Å². The van der Waals surface area contributed by atoms with E-state index < -0.39 is 0 Å². The van der Waals surface area contributed by atoms with Crippen LogP contribution in [0.4, 0.5) is 0 Å². The highest BCUT2D eigenvalue weighted by Gasteiger charge is 2.14. The van der Waals surface area contributed by atoms with Crippen molar-refractivity contribution in [2.24, 2.45) is 0 Å². The van der Waals surface area contributed by atoms with Crippen LogP contribution >= 0.6 is 0 Å². The van der Waals surface area contributed by atoms with Crippen LogP contribution in [0.15, 0.2) is 24.3 Å². The number of rotatable bonds is 7. The second-order valence-corrected chi connectivity index (χ2v) is 4.64. The predicted octanol–water partition coefficient (Wildman–Crippen LogP) is 1.52. The lowest BCUT2D eigenvalue weighted by Crippen LogP contribution is -2.25.